The van der Waals surface area contributed by atoms with Crippen molar-refractivity contribution >= 4 is 17.2 Å². The van der Waals surface area contributed by atoms with Crippen LogP contribution >= 0.6 is 0 Å². The number of aliphatic hydroxyl groups excluding tert-OH is 1. The first-order valence-electron chi connectivity index (χ1n) is 13.3. The summed E-state index contributed by atoms with van der Waals surface area (Å²) in [5.74, 6) is 2.27. The molecular weight excluding hydrogens is 454 g/mol. The molecule has 8 nitrogen and oxygen atoms in total. The molecule has 2 aliphatic heterocycles. The van der Waals surface area contributed by atoms with Crippen LogP contribution in [0.4, 0.5) is 11.6 Å². The Morgan fingerprint density at radius 2 is 1.92 bits per heavy atom. The molecule has 8 heteroatoms. The summed E-state index contributed by atoms with van der Waals surface area (Å²) in [6.45, 7) is 6.56. The maximum absolute atomic E-state index is 10.1. The Kier molecular flexibility index (Phi) is 6.58. The minimum Gasteiger partial charge on any atom is -0.393 e. The third kappa shape index (κ3) is 4.58. The highest BCUT2D eigenvalue weighted by atomic mass is 16.5. The first-order chi connectivity index (χ1) is 17.6. The summed E-state index contributed by atoms with van der Waals surface area (Å²) in [6.07, 6.45) is 5.37. The van der Waals surface area contributed by atoms with E-state index < -0.39 is 0 Å². The van der Waals surface area contributed by atoms with Gasteiger partial charge in [-0.1, -0.05) is 12.1 Å². The van der Waals surface area contributed by atoms with Gasteiger partial charge in [0.1, 0.15) is 0 Å². The lowest BCUT2D eigenvalue weighted by molar-refractivity contribution is 0.121. The number of hydrogen-bond acceptors (Lipinski definition) is 7. The van der Waals surface area contributed by atoms with Crippen LogP contribution in [0.3, 0.4) is 0 Å². The minimum atomic E-state index is -0.185. The van der Waals surface area contributed by atoms with E-state index in [1.54, 1.807) is 7.11 Å². The van der Waals surface area contributed by atoms with Crippen LogP contribution in [0.25, 0.3) is 16.6 Å². The van der Waals surface area contributed by atoms with Crippen LogP contribution in [0.5, 0.6) is 0 Å². The molecule has 1 aliphatic carbocycles. The zero-order valence-corrected chi connectivity index (χ0v) is 21.3. The Morgan fingerprint density at radius 3 is 2.67 bits per heavy atom. The average Bonchev–Trinajstić information content (AvgIpc) is 3.58. The van der Waals surface area contributed by atoms with Crippen molar-refractivity contribution < 1.29 is 14.6 Å². The largest absolute Gasteiger partial charge is 0.393 e. The van der Waals surface area contributed by atoms with E-state index in [-0.39, 0.29) is 12.1 Å². The number of fused-ring (bicyclic) bond motifs is 2. The van der Waals surface area contributed by atoms with Gasteiger partial charge in [-0.2, -0.15) is 0 Å². The molecule has 0 radical (unpaired) electrons. The maximum Gasteiger partial charge on any atom is 0.241 e. The molecule has 3 atom stereocenters. The predicted octanol–water partition coefficient (Wildman–Crippen LogP) is 3.94. The fraction of sp³-hybridized carbons (Fsp3) is 0.571. The minimum absolute atomic E-state index is 0.109. The summed E-state index contributed by atoms with van der Waals surface area (Å²) < 4.78 is 13.0. The van der Waals surface area contributed by atoms with Gasteiger partial charge in [0.15, 0.2) is 0 Å². The number of aromatic nitrogens is 3. The van der Waals surface area contributed by atoms with Crippen molar-refractivity contribution in [3.05, 3.63) is 42.2 Å². The van der Waals surface area contributed by atoms with E-state index in [9.17, 15) is 5.11 Å². The monoisotopic (exact) mass is 491 g/mol. The molecule has 2 N–H and O–H groups in total. The third-order valence-corrected chi connectivity index (χ3v) is 8.21. The van der Waals surface area contributed by atoms with Crippen molar-refractivity contribution in [2.24, 2.45) is 11.8 Å². The van der Waals surface area contributed by atoms with Crippen LogP contribution in [-0.2, 0) is 9.47 Å². The Labute approximate surface area is 212 Å². The molecule has 1 aromatic carbocycles. The molecule has 36 heavy (non-hydrogen) atoms. The lowest BCUT2D eigenvalue weighted by atomic mass is 9.85. The molecule has 0 bridgehead atoms. The van der Waals surface area contributed by atoms with Crippen LogP contribution in [-0.4, -0.2) is 71.9 Å². The predicted molar refractivity (Wildman–Crippen MR) is 141 cm³/mol. The van der Waals surface area contributed by atoms with Gasteiger partial charge in [-0.3, -0.25) is 0 Å². The summed E-state index contributed by atoms with van der Waals surface area (Å²) in [7, 11) is 1.70. The van der Waals surface area contributed by atoms with Crippen LogP contribution in [0.1, 0.15) is 44.2 Å². The summed E-state index contributed by atoms with van der Waals surface area (Å²) in [5, 5.41) is 18.4. The van der Waals surface area contributed by atoms with E-state index in [2.05, 4.69) is 57.0 Å². The number of nitrogens with zero attached hydrogens (tertiary/aromatic N) is 4. The molecule has 6 rings (SSSR count). The Bertz CT molecular complexity index is 1190. The van der Waals surface area contributed by atoms with E-state index in [1.807, 2.05) is 6.20 Å². The van der Waals surface area contributed by atoms with Crippen molar-refractivity contribution in [3.63, 3.8) is 0 Å². The van der Waals surface area contributed by atoms with Crippen molar-refractivity contribution in [1.82, 2.24) is 14.6 Å². The molecule has 192 valence electrons. The fourth-order valence-electron chi connectivity index (χ4n) is 6.25. The van der Waals surface area contributed by atoms with E-state index in [0.717, 1.165) is 63.1 Å². The highest BCUT2D eigenvalue weighted by Crippen LogP contribution is 2.39. The van der Waals surface area contributed by atoms with Crippen LogP contribution in [0.2, 0.25) is 0 Å². The summed E-state index contributed by atoms with van der Waals surface area (Å²) >= 11 is 0. The number of aliphatic hydroxyl groups is 1. The van der Waals surface area contributed by atoms with Gasteiger partial charge in [0.2, 0.25) is 5.95 Å². The quantitative estimate of drug-likeness (QED) is 0.518. The maximum atomic E-state index is 10.1. The number of anilines is 2. The van der Waals surface area contributed by atoms with Gasteiger partial charge in [-0.15, -0.1) is 5.10 Å². The molecule has 3 fully saturated rings. The van der Waals surface area contributed by atoms with Gasteiger partial charge >= 0.3 is 0 Å². The van der Waals surface area contributed by atoms with Gasteiger partial charge in [-0.05, 0) is 56.4 Å². The van der Waals surface area contributed by atoms with Crippen molar-refractivity contribution in [2.45, 2.75) is 50.7 Å². The molecule has 4 heterocycles. The first-order valence-corrected chi connectivity index (χ1v) is 13.3. The number of rotatable bonds is 7. The number of ether oxygens (including phenoxy) is 2. The highest BCUT2D eigenvalue weighted by molar-refractivity contribution is 5.83. The second-order valence-electron chi connectivity index (χ2n) is 10.9. The second kappa shape index (κ2) is 10.00. The summed E-state index contributed by atoms with van der Waals surface area (Å²) in [6, 6.07) is 11.3. The molecular formula is C28H37N5O3. The van der Waals surface area contributed by atoms with Gasteiger partial charge in [0, 0.05) is 60.9 Å². The van der Waals surface area contributed by atoms with Crippen LogP contribution in [0.15, 0.2) is 36.5 Å². The zero-order valence-electron chi connectivity index (χ0n) is 21.3. The van der Waals surface area contributed by atoms with E-state index in [4.69, 9.17) is 14.6 Å². The highest BCUT2D eigenvalue weighted by Gasteiger charge is 2.37. The van der Waals surface area contributed by atoms with Crippen molar-refractivity contribution in [3.8, 4) is 11.1 Å². The molecule has 0 amide bonds. The van der Waals surface area contributed by atoms with Crippen LogP contribution in [0, 0.1) is 11.8 Å². The Morgan fingerprint density at radius 1 is 1.14 bits per heavy atom. The Hall–Kier alpha value is -2.68. The molecule has 3 aromatic rings. The van der Waals surface area contributed by atoms with E-state index in [0.29, 0.717) is 30.3 Å². The van der Waals surface area contributed by atoms with Crippen LogP contribution < -0.4 is 10.2 Å². The second-order valence-corrected chi connectivity index (χ2v) is 10.9. The van der Waals surface area contributed by atoms with Gasteiger partial charge in [0.25, 0.3) is 0 Å². The molecule has 1 saturated carbocycles. The van der Waals surface area contributed by atoms with E-state index in [1.165, 1.54) is 16.9 Å². The van der Waals surface area contributed by atoms with Crippen molar-refractivity contribution in [1.29, 1.82) is 0 Å². The SMILES string of the molecule is COC[C@H](C)Nc1ncc2c(-c3cccc(N4C[C@H]5COC[C@H]5C4)c3)cc([C@H]3CC[C@H](O)CC3)n2n1. The molecule has 2 saturated heterocycles. The zero-order chi connectivity index (χ0) is 24.6. The molecule has 3 aliphatic rings. The molecule has 0 spiro atoms. The molecule has 2 aromatic heterocycles. The standard InChI is InChI=1S/C28H37N5O3/c1-18(15-35-2)30-28-29-12-27-25(11-26(33(27)31-28)19-6-8-24(34)9-7-19)20-4-3-5-23(10-20)32-13-21-16-36-17-22(21)14-32/h3-5,10-12,18-19,21-22,24,34H,6-9,13-17H2,1-2H3,(H,30,31)/t18-,19-,21-,22+,24-/m0/s1. The number of hydrogen-bond donors (Lipinski definition) is 2. The number of methoxy groups -OCH3 is 1. The number of nitrogens with one attached hydrogen (secondary N) is 1. The van der Waals surface area contributed by atoms with Gasteiger partial charge in [-0.25, -0.2) is 9.50 Å². The topological polar surface area (TPSA) is 84.2 Å². The Balaban J connectivity index is 1.36. The number of benzene rings is 1. The smallest absolute Gasteiger partial charge is 0.241 e. The third-order valence-electron chi connectivity index (χ3n) is 8.21. The molecule has 0 unspecified atom stereocenters. The van der Waals surface area contributed by atoms with Gasteiger partial charge in [0.05, 0.1) is 37.6 Å². The summed E-state index contributed by atoms with van der Waals surface area (Å²) in [5.41, 5.74) is 5.85. The normalized spacial score (nSPS) is 26.9. The summed E-state index contributed by atoms with van der Waals surface area (Å²) in [4.78, 5) is 7.17. The van der Waals surface area contributed by atoms with Gasteiger partial charge < -0.3 is 24.8 Å². The fourth-order valence-corrected chi connectivity index (χ4v) is 6.25. The first kappa shape index (κ1) is 23.7. The van der Waals surface area contributed by atoms with Crippen molar-refractivity contribution in [2.75, 3.05) is 50.2 Å². The van der Waals surface area contributed by atoms with E-state index >= 15 is 0 Å². The lowest BCUT2D eigenvalue weighted by Crippen LogP contribution is -2.23. The lowest BCUT2D eigenvalue weighted by Gasteiger charge is -2.25. The average molecular weight is 492 g/mol.